The van der Waals surface area contributed by atoms with Crippen molar-refractivity contribution in [2.45, 2.75) is 64.7 Å². The molecule has 0 radical (unpaired) electrons. The highest BCUT2D eigenvalue weighted by Gasteiger charge is 2.44. The number of hydrogen-bond donors (Lipinski definition) is 2. The predicted molar refractivity (Wildman–Crippen MR) is 173 cm³/mol. The van der Waals surface area contributed by atoms with Gasteiger partial charge in [-0.3, -0.25) is 9.59 Å². The molecule has 2 N–H and O–H groups in total. The summed E-state index contributed by atoms with van der Waals surface area (Å²) in [6.07, 6.45) is 11.3. The van der Waals surface area contributed by atoms with Crippen molar-refractivity contribution in [1.82, 2.24) is 0 Å². The van der Waals surface area contributed by atoms with E-state index in [1.807, 2.05) is 6.07 Å². The highest BCUT2D eigenvalue weighted by atomic mass is 35.5. The topological polar surface area (TPSA) is 93.4 Å². The van der Waals surface area contributed by atoms with E-state index >= 15 is 0 Å². The van der Waals surface area contributed by atoms with Crippen LogP contribution >= 0.6 is 34.8 Å². The molecule has 6 rings (SSSR count). The highest BCUT2D eigenvalue weighted by Crippen LogP contribution is 2.45. The maximum absolute atomic E-state index is 13.4. The summed E-state index contributed by atoms with van der Waals surface area (Å²) in [5.41, 5.74) is 1.29. The van der Waals surface area contributed by atoms with Crippen molar-refractivity contribution >= 4 is 69.2 Å². The third kappa shape index (κ3) is 5.67. The quantitative estimate of drug-likeness (QED) is 0.282. The zero-order valence-corrected chi connectivity index (χ0v) is 26.3. The van der Waals surface area contributed by atoms with Crippen LogP contribution in [0.25, 0.3) is 5.57 Å². The fourth-order valence-corrected chi connectivity index (χ4v) is 7.94. The first-order valence-corrected chi connectivity index (χ1v) is 16.1. The van der Waals surface area contributed by atoms with Crippen LogP contribution in [-0.4, -0.2) is 40.7 Å². The van der Waals surface area contributed by atoms with Crippen LogP contribution in [0.15, 0.2) is 52.3 Å². The maximum Gasteiger partial charge on any atom is 0.281 e. The smallest absolute Gasteiger partial charge is 0.281 e. The van der Waals surface area contributed by atoms with Crippen LogP contribution < -0.4 is 9.91 Å². The van der Waals surface area contributed by atoms with Gasteiger partial charge in [0.05, 0.1) is 32.5 Å². The molecule has 10 heteroatoms. The van der Waals surface area contributed by atoms with Gasteiger partial charge in [-0.25, -0.2) is 0 Å². The standard InChI is InChI=1S/C33H34Cl3N3O4/c1-18-27(33(43)39(37-18)30-24(35)14-21(34)15-25(30)36)29-31(41)28(32(29)42)23-11-10-22(16-26(23)40)38(17-20-8-4-5-9-20)13-12-19-6-2-3-7-19/h10-11,14-16,19-20,40-41H,2-9,12-13,17H2,1H3/b29-27-. The first-order valence-electron chi connectivity index (χ1n) is 15.0. The number of amides is 1. The van der Waals surface area contributed by atoms with Crippen molar-refractivity contribution in [3.8, 4) is 5.75 Å². The summed E-state index contributed by atoms with van der Waals surface area (Å²) in [7, 11) is 0. The summed E-state index contributed by atoms with van der Waals surface area (Å²) in [4.78, 5) is 29.2. The van der Waals surface area contributed by atoms with Crippen LogP contribution in [0.5, 0.6) is 5.75 Å². The molecular formula is C33H34Cl3N3O4. The van der Waals surface area contributed by atoms with Gasteiger partial charge in [-0.2, -0.15) is 10.1 Å². The Balaban J connectivity index is 1.27. The number of Topliss-reactive ketones (excluding diaryl/α,β-unsaturated/α-hetero) is 1. The van der Waals surface area contributed by atoms with Gasteiger partial charge in [0.1, 0.15) is 17.2 Å². The van der Waals surface area contributed by atoms with Gasteiger partial charge in [0.2, 0.25) is 5.78 Å². The van der Waals surface area contributed by atoms with Crippen molar-refractivity contribution in [3.63, 3.8) is 0 Å². The SMILES string of the molecule is CC1=NN(c2c(Cl)cc(Cl)cc2Cl)C(=O)/C1=C1\C(=O)C(c2ccc(N(CCC3CCCC3)CC3CCCC3)cc2O)=C1O. The summed E-state index contributed by atoms with van der Waals surface area (Å²) in [6.45, 7) is 3.45. The van der Waals surface area contributed by atoms with Gasteiger partial charge in [0.25, 0.3) is 5.91 Å². The largest absolute Gasteiger partial charge is 0.507 e. The fourth-order valence-electron chi connectivity index (χ4n) is 6.96. The van der Waals surface area contributed by atoms with E-state index in [-0.39, 0.29) is 55.2 Å². The lowest BCUT2D eigenvalue weighted by Gasteiger charge is -2.30. The van der Waals surface area contributed by atoms with Gasteiger partial charge in [-0.15, -0.1) is 0 Å². The molecule has 7 nitrogen and oxygen atoms in total. The summed E-state index contributed by atoms with van der Waals surface area (Å²) >= 11 is 18.6. The fraction of sp³-hybridized carbons (Fsp3) is 0.424. The van der Waals surface area contributed by atoms with Crippen molar-refractivity contribution in [2.24, 2.45) is 16.9 Å². The third-order valence-electron chi connectivity index (χ3n) is 9.24. The minimum atomic E-state index is -0.651. The molecule has 4 aliphatic rings. The molecule has 1 amide bonds. The molecule has 1 heterocycles. The molecule has 2 aromatic rings. The molecule has 43 heavy (non-hydrogen) atoms. The molecular weight excluding hydrogens is 609 g/mol. The molecule has 0 atom stereocenters. The first kappa shape index (κ1) is 30.0. The molecule has 1 aliphatic heterocycles. The average molecular weight is 643 g/mol. The van der Waals surface area contributed by atoms with Crippen LogP contribution in [0.2, 0.25) is 15.1 Å². The predicted octanol–water partition coefficient (Wildman–Crippen LogP) is 8.50. The summed E-state index contributed by atoms with van der Waals surface area (Å²) in [6, 6.07) is 8.17. The number of carbonyl (C=O) groups is 2. The van der Waals surface area contributed by atoms with Crippen molar-refractivity contribution in [1.29, 1.82) is 0 Å². The van der Waals surface area contributed by atoms with Crippen LogP contribution in [0.3, 0.4) is 0 Å². The molecule has 0 saturated heterocycles. The summed E-state index contributed by atoms with van der Waals surface area (Å²) < 4.78 is 0. The van der Waals surface area contributed by atoms with E-state index in [1.165, 1.54) is 63.5 Å². The van der Waals surface area contributed by atoms with E-state index < -0.39 is 11.7 Å². The van der Waals surface area contributed by atoms with E-state index in [4.69, 9.17) is 34.8 Å². The number of allylic oxidation sites excluding steroid dienone is 2. The molecule has 2 saturated carbocycles. The lowest BCUT2D eigenvalue weighted by Crippen LogP contribution is -2.31. The van der Waals surface area contributed by atoms with Gasteiger partial charge in [-0.05, 0) is 62.3 Å². The van der Waals surface area contributed by atoms with Gasteiger partial charge >= 0.3 is 0 Å². The molecule has 2 aromatic carbocycles. The molecule has 0 bridgehead atoms. The van der Waals surface area contributed by atoms with E-state index in [2.05, 4.69) is 10.0 Å². The molecule has 226 valence electrons. The second-order valence-corrected chi connectivity index (χ2v) is 13.3. The lowest BCUT2D eigenvalue weighted by atomic mass is 9.79. The zero-order valence-electron chi connectivity index (χ0n) is 24.0. The summed E-state index contributed by atoms with van der Waals surface area (Å²) in [5.74, 6) is -0.235. The number of nitrogens with zero attached hydrogens (tertiary/aromatic N) is 3. The van der Waals surface area contributed by atoms with E-state index in [0.29, 0.717) is 10.9 Å². The number of aliphatic hydroxyl groups is 1. The second kappa shape index (κ2) is 12.2. The van der Waals surface area contributed by atoms with Gasteiger partial charge in [-0.1, -0.05) is 73.3 Å². The Bertz CT molecular complexity index is 1560. The van der Waals surface area contributed by atoms with E-state index in [1.54, 1.807) is 19.1 Å². The Morgan fingerprint density at radius 1 is 0.884 bits per heavy atom. The number of carbonyl (C=O) groups excluding carboxylic acids is 2. The number of aromatic hydroxyl groups is 1. The molecule has 0 unspecified atom stereocenters. The van der Waals surface area contributed by atoms with Crippen molar-refractivity contribution in [3.05, 3.63) is 67.9 Å². The normalized spacial score (nSPS) is 21.3. The first-order chi connectivity index (χ1) is 20.6. The third-order valence-corrected chi connectivity index (χ3v) is 10.0. The van der Waals surface area contributed by atoms with E-state index in [9.17, 15) is 19.8 Å². The number of rotatable bonds is 8. The Morgan fingerprint density at radius 3 is 2.12 bits per heavy atom. The van der Waals surface area contributed by atoms with Crippen LogP contribution in [-0.2, 0) is 9.59 Å². The van der Waals surface area contributed by atoms with Gasteiger partial charge in [0.15, 0.2) is 0 Å². The Labute approximate surface area is 266 Å². The average Bonchev–Trinajstić information content (AvgIpc) is 3.72. The number of hydrogen-bond acceptors (Lipinski definition) is 6. The molecule has 3 aliphatic carbocycles. The van der Waals surface area contributed by atoms with Crippen LogP contribution in [0.1, 0.15) is 70.3 Å². The monoisotopic (exact) mass is 641 g/mol. The lowest BCUT2D eigenvalue weighted by molar-refractivity contribution is -0.115. The number of aliphatic hydroxyl groups excluding tert-OH is 1. The Hall–Kier alpha value is -3.00. The van der Waals surface area contributed by atoms with Crippen molar-refractivity contribution in [2.75, 3.05) is 23.0 Å². The minimum Gasteiger partial charge on any atom is -0.507 e. The number of anilines is 2. The van der Waals surface area contributed by atoms with Gasteiger partial charge < -0.3 is 15.1 Å². The number of ketones is 1. The number of hydrazone groups is 1. The molecule has 0 aromatic heterocycles. The number of halogens is 3. The van der Waals surface area contributed by atoms with Crippen LogP contribution in [0, 0.1) is 11.8 Å². The zero-order chi connectivity index (χ0) is 30.4. The van der Waals surface area contributed by atoms with Gasteiger partial charge in [0, 0.05) is 35.4 Å². The number of phenols is 1. The number of phenolic OH excluding ortho intramolecular Hbond substituents is 1. The highest BCUT2D eigenvalue weighted by molar-refractivity contribution is 6.47. The second-order valence-electron chi connectivity index (χ2n) is 12.1. The van der Waals surface area contributed by atoms with Crippen molar-refractivity contribution < 1.29 is 19.8 Å². The Morgan fingerprint density at radius 2 is 1.51 bits per heavy atom. The minimum absolute atomic E-state index is 0.0264. The molecule has 2 fully saturated rings. The maximum atomic E-state index is 13.4. The molecule has 0 spiro atoms. The summed E-state index contributed by atoms with van der Waals surface area (Å²) in [5, 5.41) is 28.0. The van der Waals surface area contributed by atoms with E-state index in [0.717, 1.165) is 36.1 Å². The number of benzene rings is 2. The Kier molecular flexibility index (Phi) is 8.51. The van der Waals surface area contributed by atoms with Crippen LogP contribution in [0.4, 0.5) is 11.4 Å².